The van der Waals surface area contributed by atoms with E-state index in [0.29, 0.717) is 5.56 Å². The molecule has 0 saturated carbocycles. The molecule has 2 rings (SSSR count). The number of benzene rings is 1. The van der Waals surface area contributed by atoms with Crippen LogP contribution in [-0.4, -0.2) is 26.2 Å². The van der Waals surface area contributed by atoms with E-state index in [4.69, 9.17) is 16.7 Å². The molecule has 1 unspecified atom stereocenters. The van der Waals surface area contributed by atoms with Gasteiger partial charge in [0.1, 0.15) is 17.1 Å². The largest absolute Gasteiger partial charge is 0.508 e. The second kappa shape index (κ2) is 5.75. The molecule has 0 radical (unpaired) electrons. The molecule has 0 aliphatic heterocycles. The first-order valence-electron chi connectivity index (χ1n) is 5.79. The fourth-order valence-electron chi connectivity index (χ4n) is 1.76. The molecule has 0 fully saturated rings. The number of nitrogens with zero attached hydrogens (tertiary/aromatic N) is 2. The van der Waals surface area contributed by atoms with E-state index in [9.17, 15) is 9.90 Å². The minimum Gasteiger partial charge on any atom is -0.508 e. The Balaban J connectivity index is 2.32. The average Bonchev–Trinajstić information content (AvgIpc) is 2.38. The molecule has 1 aromatic heterocycles. The molecule has 0 bridgehead atoms. The van der Waals surface area contributed by atoms with Gasteiger partial charge in [0, 0.05) is 11.8 Å². The fraction of sp³-hybridized carbons (Fsp3) is 0.154. The van der Waals surface area contributed by atoms with Crippen molar-refractivity contribution in [1.82, 2.24) is 9.97 Å². The zero-order valence-corrected chi connectivity index (χ0v) is 11.3. The number of phenols is 1. The summed E-state index contributed by atoms with van der Waals surface area (Å²) in [5, 5.41) is 21.7. The van der Waals surface area contributed by atoms with Gasteiger partial charge >= 0.3 is 5.97 Å². The van der Waals surface area contributed by atoms with E-state index in [1.54, 1.807) is 31.2 Å². The van der Waals surface area contributed by atoms with Crippen LogP contribution in [0.5, 0.6) is 5.75 Å². The predicted octanol–water partition coefficient (Wildman–Crippen LogP) is 2.71. The lowest BCUT2D eigenvalue weighted by atomic mass is 10.1. The smallest absolute Gasteiger partial charge is 0.341 e. The normalized spacial score (nSPS) is 11.9. The molecular weight excluding hydrogens is 282 g/mol. The molecule has 20 heavy (non-hydrogen) atoms. The molecular formula is C13H12ClN3O3. The van der Waals surface area contributed by atoms with E-state index in [1.807, 2.05) is 0 Å². The first-order chi connectivity index (χ1) is 9.49. The quantitative estimate of drug-likeness (QED) is 0.750. The number of carbonyl (C=O) groups is 1. The highest BCUT2D eigenvalue weighted by Crippen LogP contribution is 2.27. The third-order valence-electron chi connectivity index (χ3n) is 2.75. The number of nitrogens with one attached hydrogen (secondary N) is 1. The highest BCUT2D eigenvalue weighted by Gasteiger charge is 2.17. The van der Waals surface area contributed by atoms with Crippen molar-refractivity contribution in [2.45, 2.75) is 13.0 Å². The number of aromatic carboxylic acids is 1. The van der Waals surface area contributed by atoms with Gasteiger partial charge in [-0.2, -0.15) is 4.98 Å². The molecule has 0 saturated heterocycles. The molecule has 0 aliphatic carbocycles. The van der Waals surface area contributed by atoms with Crippen LogP contribution in [0.3, 0.4) is 0 Å². The summed E-state index contributed by atoms with van der Waals surface area (Å²) in [5.41, 5.74) is 0.537. The molecule has 0 spiro atoms. The molecule has 104 valence electrons. The van der Waals surface area contributed by atoms with Gasteiger partial charge in [0.25, 0.3) is 0 Å². The van der Waals surface area contributed by atoms with Gasteiger partial charge in [0.15, 0.2) is 0 Å². The summed E-state index contributed by atoms with van der Waals surface area (Å²) in [6.45, 7) is 1.77. The lowest BCUT2D eigenvalue weighted by Crippen LogP contribution is -2.13. The fourth-order valence-corrected chi connectivity index (χ4v) is 1.90. The molecule has 2 aromatic rings. The summed E-state index contributed by atoms with van der Waals surface area (Å²) < 4.78 is 0. The van der Waals surface area contributed by atoms with Gasteiger partial charge in [-0.15, -0.1) is 0 Å². The first-order valence-corrected chi connectivity index (χ1v) is 6.17. The maximum atomic E-state index is 11.1. The molecule has 1 aromatic carbocycles. The summed E-state index contributed by atoms with van der Waals surface area (Å²) in [4.78, 5) is 18.6. The van der Waals surface area contributed by atoms with Crippen molar-refractivity contribution in [2.24, 2.45) is 0 Å². The van der Waals surface area contributed by atoms with Gasteiger partial charge in [0.2, 0.25) is 5.28 Å². The van der Waals surface area contributed by atoms with Crippen LogP contribution < -0.4 is 5.32 Å². The maximum Gasteiger partial charge on any atom is 0.341 e. The van der Waals surface area contributed by atoms with Crippen molar-refractivity contribution in [3.05, 3.63) is 46.9 Å². The number of para-hydroxylation sites is 1. The van der Waals surface area contributed by atoms with Crippen LogP contribution in [-0.2, 0) is 0 Å². The van der Waals surface area contributed by atoms with E-state index in [1.165, 1.54) is 0 Å². The van der Waals surface area contributed by atoms with Gasteiger partial charge in [-0.3, -0.25) is 0 Å². The average molecular weight is 294 g/mol. The zero-order valence-electron chi connectivity index (χ0n) is 10.5. The Morgan fingerprint density at radius 3 is 2.75 bits per heavy atom. The lowest BCUT2D eigenvalue weighted by Gasteiger charge is -2.17. The topological polar surface area (TPSA) is 95.3 Å². The van der Waals surface area contributed by atoms with Gasteiger partial charge in [0.05, 0.1) is 6.04 Å². The molecule has 7 heteroatoms. The number of aromatic hydroxyl groups is 1. The zero-order chi connectivity index (χ0) is 14.7. The minimum atomic E-state index is -1.16. The molecule has 1 heterocycles. The first kappa shape index (κ1) is 14.1. The highest BCUT2D eigenvalue weighted by molar-refractivity contribution is 6.28. The minimum absolute atomic E-state index is 0.0537. The number of anilines is 1. The summed E-state index contributed by atoms with van der Waals surface area (Å²) in [5.74, 6) is -0.938. The molecule has 0 amide bonds. The van der Waals surface area contributed by atoms with Crippen LogP contribution in [0.15, 0.2) is 30.5 Å². The Morgan fingerprint density at radius 2 is 2.10 bits per heavy atom. The second-order valence-electron chi connectivity index (χ2n) is 4.13. The van der Waals surface area contributed by atoms with Crippen LogP contribution in [0.1, 0.15) is 28.9 Å². The number of aromatic nitrogens is 2. The van der Waals surface area contributed by atoms with Gasteiger partial charge in [-0.05, 0) is 24.6 Å². The Hall–Kier alpha value is -2.34. The SMILES string of the molecule is CC(Nc1nc(Cl)ncc1C(=O)O)c1ccccc1O. The summed E-state index contributed by atoms with van der Waals surface area (Å²) in [7, 11) is 0. The number of rotatable bonds is 4. The van der Waals surface area contributed by atoms with Crippen molar-refractivity contribution in [1.29, 1.82) is 0 Å². The Morgan fingerprint density at radius 1 is 1.40 bits per heavy atom. The Bertz CT molecular complexity index is 649. The van der Waals surface area contributed by atoms with E-state index in [2.05, 4.69) is 15.3 Å². The van der Waals surface area contributed by atoms with Gasteiger partial charge in [-0.1, -0.05) is 18.2 Å². The van der Waals surface area contributed by atoms with Crippen molar-refractivity contribution >= 4 is 23.4 Å². The second-order valence-corrected chi connectivity index (χ2v) is 4.47. The van der Waals surface area contributed by atoms with Crippen LogP contribution in [0.2, 0.25) is 5.28 Å². The molecule has 0 aliphatic rings. The standard InChI is InChI=1S/C13H12ClN3O3/c1-7(8-4-2-3-5-10(8)18)16-11-9(12(19)20)6-15-13(14)17-11/h2-7,18H,1H3,(H,19,20)(H,15,16,17). The van der Waals surface area contributed by atoms with Crippen LogP contribution in [0.4, 0.5) is 5.82 Å². The van der Waals surface area contributed by atoms with Crippen LogP contribution >= 0.6 is 11.6 Å². The van der Waals surface area contributed by atoms with E-state index in [0.717, 1.165) is 6.20 Å². The number of carboxylic acids is 1. The number of hydrogen-bond acceptors (Lipinski definition) is 5. The summed E-state index contributed by atoms with van der Waals surface area (Å²) >= 11 is 5.68. The van der Waals surface area contributed by atoms with Crippen LogP contribution in [0.25, 0.3) is 0 Å². The third-order valence-corrected chi connectivity index (χ3v) is 2.93. The highest BCUT2D eigenvalue weighted by atomic mass is 35.5. The Labute approximate surface area is 120 Å². The van der Waals surface area contributed by atoms with E-state index in [-0.39, 0.29) is 28.5 Å². The Kier molecular flexibility index (Phi) is 4.05. The number of halogens is 1. The molecule has 6 nitrogen and oxygen atoms in total. The third kappa shape index (κ3) is 2.97. The number of hydrogen-bond donors (Lipinski definition) is 3. The van der Waals surface area contributed by atoms with Crippen molar-refractivity contribution < 1.29 is 15.0 Å². The maximum absolute atomic E-state index is 11.1. The van der Waals surface area contributed by atoms with Crippen molar-refractivity contribution in [3.8, 4) is 5.75 Å². The number of carboxylic acid groups (broad SMARTS) is 1. The summed E-state index contributed by atoms with van der Waals surface area (Å²) in [6, 6.07) is 6.42. The number of phenolic OH excluding ortho intramolecular Hbond substituents is 1. The van der Waals surface area contributed by atoms with E-state index < -0.39 is 5.97 Å². The molecule has 1 atom stereocenters. The summed E-state index contributed by atoms with van der Waals surface area (Å²) in [6.07, 6.45) is 1.14. The van der Waals surface area contributed by atoms with E-state index >= 15 is 0 Å². The van der Waals surface area contributed by atoms with Crippen molar-refractivity contribution in [2.75, 3.05) is 5.32 Å². The van der Waals surface area contributed by atoms with Gasteiger partial charge in [-0.25, -0.2) is 9.78 Å². The monoisotopic (exact) mass is 293 g/mol. The van der Waals surface area contributed by atoms with Gasteiger partial charge < -0.3 is 15.5 Å². The van der Waals surface area contributed by atoms with Crippen LogP contribution in [0, 0.1) is 0 Å². The molecule has 3 N–H and O–H groups in total. The predicted molar refractivity (Wildman–Crippen MR) is 74.1 cm³/mol. The van der Waals surface area contributed by atoms with Crippen molar-refractivity contribution in [3.63, 3.8) is 0 Å². The lowest BCUT2D eigenvalue weighted by molar-refractivity contribution is 0.0697.